The molecule has 0 aliphatic carbocycles. The Hall–Kier alpha value is -3.65. The molecule has 2 nitrogen and oxygen atoms in total. The van der Waals surface area contributed by atoms with Crippen molar-refractivity contribution in [3.05, 3.63) is 108 Å². The molecule has 0 aliphatic heterocycles. The fraction of sp³-hybridized carbons (Fsp3) is 0. The topological polar surface area (TPSA) is 31.5 Å². The first-order valence-electron chi connectivity index (χ1n) is 8.84. The summed E-state index contributed by atoms with van der Waals surface area (Å²) in [7, 11) is 0. The van der Waals surface area contributed by atoms with Gasteiger partial charge in [-0.1, -0.05) is 60.7 Å². The Bertz CT molecular complexity index is 993. The summed E-state index contributed by atoms with van der Waals surface area (Å²) in [4.78, 5) is 0. The van der Waals surface area contributed by atoms with E-state index in [-0.39, 0.29) is 5.75 Å². The van der Waals surface area contributed by atoms with E-state index in [9.17, 15) is 5.11 Å². The Morgan fingerprint density at radius 3 is 1.56 bits per heavy atom. The highest BCUT2D eigenvalue weighted by Gasteiger charge is 2.18. The standard InChI is InChI=1S/C25H18O2/c26-23-15-13-19(14-16-23)11-12-20-17-24(21-7-3-1-4-8-21)27-25(18-20)22-9-5-2-6-10-22/h1-18H/p+1. The smallest absolute Gasteiger partial charge is 0.361 e. The van der Waals surface area contributed by atoms with Crippen molar-refractivity contribution in [1.82, 2.24) is 0 Å². The summed E-state index contributed by atoms with van der Waals surface area (Å²) < 4.78 is 6.19. The predicted octanol–water partition coefficient (Wildman–Crippen LogP) is 6.77. The van der Waals surface area contributed by atoms with Crippen molar-refractivity contribution in [2.75, 3.05) is 0 Å². The number of benzene rings is 3. The van der Waals surface area contributed by atoms with Gasteiger partial charge in [-0.3, -0.25) is 0 Å². The van der Waals surface area contributed by atoms with Gasteiger partial charge in [-0.25, -0.2) is 4.42 Å². The van der Waals surface area contributed by atoms with Crippen molar-refractivity contribution in [2.24, 2.45) is 0 Å². The van der Waals surface area contributed by atoms with Crippen LogP contribution in [0.3, 0.4) is 0 Å². The number of phenolic OH excluding ortho intramolecular Hbond substituents is 1. The van der Waals surface area contributed by atoms with Gasteiger partial charge in [0, 0.05) is 0 Å². The molecule has 0 radical (unpaired) electrons. The van der Waals surface area contributed by atoms with Gasteiger partial charge in [-0.15, -0.1) is 0 Å². The van der Waals surface area contributed by atoms with Gasteiger partial charge in [0.15, 0.2) is 0 Å². The Labute approximate surface area is 158 Å². The summed E-state index contributed by atoms with van der Waals surface area (Å²) in [5, 5.41) is 9.43. The molecule has 4 rings (SSSR count). The van der Waals surface area contributed by atoms with Gasteiger partial charge < -0.3 is 5.11 Å². The zero-order valence-electron chi connectivity index (χ0n) is 14.7. The Morgan fingerprint density at radius 2 is 1.04 bits per heavy atom. The van der Waals surface area contributed by atoms with E-state index in [0.717, 1.165) is 33.8 Å². The van der Waals surface area contributed by atoms with E-state index < -0.39 is 0 Å². The normalized spacial score (nSPS) is 11.0. The summed E-state index contributed by atoms with van der Waals surface area (Å²) >= 11 is 0. The number of phenols is 1. The lowest BCUT2D eigenvalue weighted by Gasteiger charge is -1.98. The number of rotatable bonds is 4. The molecule has 4 aromatic rings. The molecule has 1 heterocycles. The molecule has 0 fully saturated rings. The fourth-order valence-corrected chi connectivity index (χ4v) is 2.89. The van der Waals surface area contributed by atoms with Crippen molar-refractivity contribution in [1.29, 1.82) is 0 Å². The van der Waals surface area contributed by atoms with E-state index in [0.29, 0.717) is 0 Å². The third-order valence-electron chi connectivity index (χ3n) is 4.29. The number of aromatic hydroxyl groups is 1. The number of hydrogen-bond donors (Lipinski definition) is 1. The molecule has 0 bridgehead atoms. The predicted molar refractivity (Wildman–Crippen MR) is 111 cm³/mol. The molecule has 0 amide bonds. The molecule has 1 aromatic heterocycles. The fourth-order valence-electron chi connectivity index (χ4n) is 2.89. The third kappa shape index (κ3) is 4.13. The first-order chi connectivity index (χ1) is 13.3. The largest absolute Gasteiger partial charge is 0.508 e. The molecule has 1 N–H and O–H groups in total. The van der Waals surface area contributed by atoms with Crippen LogP contribution in [0.4, 0.5) is 0 Å². The third-order valence-corrected chi connectivity index (χ3v) is 4.29. The van der Waals surface area contributed by atoms with Gasteiger partial charge in [0.2, 0.25) is 0 Å². The summed E-state index contributed by atoms with van der Waals surface area (Å²) in [6, 6.07) is 31.4. The zero-order valence-corrected chi connectivity index (χ0v) is 14.7. The van der Waals surface area contributed by atoms with Gasteiger partial charge in [0.25, 0.3) is 0 Å². The zero-order chi connectivity index (χ0) is 18.5. The minimum absolute atomic E-state index is 0.267. The molecular formula is C25H19O2+. The maximum Gasteiger partial charge on any atom is 0.361 e. The second-order valence-corrected chi connectivity index (χ2v) is 6.28. The second kappa shape index (κ2) is 7.71. The average molecular weight is 351 g/mol. The lowest BCUT2D eigenvalue weighted by atomic mass is 10.1. The van der Waals surface area contributed by atoms with E-state index >= 15 is 0 Å². The molecular weight excluding hydrogens is 332 g/mol. The molecule has 130 valence electrons. The van der Waals surface area contributed by atoms with E-state index in [1.54, 1.807) is 12.1 Å². The van der Waals surface area contributed by atoms with Crippen molar-refractivity contribution in [3.8, 4) is 28.4 Å². The van der Waals surface area contributed by atoms with Crippen LogP contribution in [0.5, 0.6) is 5.75 Å². The van der Waals surface area contributed by atoms with E-state index in [1.807, 2.05) is 91.0 Å². The van der Waals surface area contributed by atoms with Crippen molar-refractivity contribution < 1.29 is 9.52 Å². The SMILES string of the molecule is Oc1ccc(C=Cc2cc(-c3ccccc3)[o+]c(-c3ccccc3)c2)cc1. The van der Waals surface area contributed by atoms with Crippen LogP contribution in [0, 0.1) is 0 Å². The maximum atomic E-state index is 9.43. The minimum atomic E-state index is 0.267. The summed E-state index contributed by atoms with van der Waals surface area (Å²) in [5.41, 5.74) is 4.15. The van der Waals surface area contributed by atoms with Crippen LogP contribution in [-0.2, 0) is 0 Å². The highest BCUT2D eigenvalue weighted by atomic mass is 16.3. The van der Waals surface area contributed by atoms with Crippen LogP contribution in [0.1, 0.15) is 11.1 Å². The van der Waals surface area contributed by atoms with Gasteiger partial charge in [-0.05, 0) is 47.5 Å². The lowest BCUT2D eigenvalue weighted by molar-refractivity contribution is 0.475. The average Bonchev–Trinajstić information content (AvgIpc) is 2.74. The molecule has 0 saturated carbocycles. The molecule has 2 heteroatoms. The van der Waals surface area contributed by atoms with Crippen molar-refractivity contribution >= 4 is 12.2 Å². The van der Waals surface area contributed by atoms with Crippen LogP contribution in [0.2, 0.25) is 0 Å². The van der Waals surface area contributed by atoms with Crippen LogP contribution in [0.15, 0.2) is 101 Å². The monoisotopic (exact) mass is 351 g/mol. The quantitative estimate of drug-likeness (QED) is 0.411. The van der Waals surface area contributed by atoms with Crippen molar-refractivity contribution in [2.45, 2.75) is 0 Å². The highest BCUT2D eigenvalue weighted by molar-refractivity contribution is 5.74. The minimum Gasteiger partial charge on any atom is -0.508 e. The van der Waals surface area contributed by atoms with Crippen LogP contribution in [-0.4, -0.2) is 5.11 Å². The first-order valence-corrected chi connectivity index (χ1v) is 8.84. The second-order valence-electron chi connectivity index (χ2n) is 6.28. The van der Waals surface area contributed by atoms with E-state index in [1.165, 1.54) is 0 Å². The highest BCUT2D eigenvalue weighted by Crippen LogP contribution is 2.29. The first kappa shape index (κ1) is 16.8. The Morgan fingerprint density at radius 1 is 0.556 bits per heavy atom. The van der Waals surface area contributed by atoms with Gasteiger partial charge in [0.05, 0.1) is 23.3 Å². The van der Waals surface area contributed by atoms with Crippen LogP contribution < -0.4 is 0 Å². The molecule has 0 saturated heterocycles. The van der Waals surface area contributed by atoms with Crippen molar-refractivity contribution in [3.63, 3.8) is 0 Å². The van der Waals surface area contributed by atoms with Gasteiger partial charge >= 0.3 is 11.5 Å². The maximum absolute atomic E-state index is 9.43. The summed E-state index contributed by atoms with van der Waals surface area (Å²) in [5.74, 6) is 1.91. The summed E-state index contributed by atoms with van der Waals surface area (Å²) in [6.45, 7) is 0. The van der Waals surface area contributed by atoms with Gasteiger partial charge in [-0.2, -0.15) is 0 Å². The van der Waals surface area contributed by atoms with Crippen LogP contribution in [0.25, 0.3) is 34.8 Å². The molecule has 3 aromatic carbocycles. The lowest BCUT2D eigenvalue weighted by Crippen LogP contribution is -1.84. The molecule has 27 heavy (non-hydrogen) atoms. The van der Waals surface area contributed by atoms with Gasteiger partial charge in [0.1, 0.15) is 5.75 Å². The Kier molecular flexibility index (Phi) is 4.80. The molecule has 0 atom stereocenters. The van der Waals surface area contributed by atoms with E-state index in [2.05, 4.69) is 6.08 Å². The molecule has 0 spiro atoms. The molecule has 0 unspecified atom stereocenters. The van der Waals surface area contributed by atoms with E-state index in [4.69, 9.17) is 4.42 Å². The van der Waals surface area contributed by atoms with Crippen LogP contribution >= 0.6 is 0 Å². The summed E-state index contributed by atoms with van der Waals surface area (Å²) in [6.07, 6.45) is 4.08. The number of hydrogen-bond acceptors (Lipinski definition) is 1. The Balaban J connectivity index is 1.77. The molecule has 0 aliphatic rings.